The molecular formula is C46H67NO7. The molecule has 0 radical (unpaired) electrons. The van der Waals surface area contributed by atoms with E-state index >= 15 is 0 Å². The van der Waals surface area contributed by atoms with Crippen LogP contribution in [0.1, 0.15) is 138 Å². The fraction of sp³-hybridized carbons (Fsp3) is 0.761. The highest BCUT2D eigenvalue weighted by molar-refractivity contribution is 6.00. The van der Waals surface area contributed by atoms with Crippen molar-refractivity contribution in [3.63, 3.8) is 0 Å². The summed E-state index contributed by atoms with van der Waals surface area (Å²) in [6.07, 6.45) is 6.35. The highest BCUT2D eigenvalue weighted by Crippen LogP contribution is 2.77. The lowest BCUT2D eigenvalue weighted by molar-refractivity contribution is -0.306. The number of ether oxygens (including phenoxy) is 1. The molecule has 0 saturated heterocycles. The van der Waals surface area contributed by atoms with Crippen LogP contribution in [0.4, 0.5) is 0 Å². The molecule has 3 N–H and O–H groups in total. The number of allylic oxidation sites excluding steroid dienone is 1. The largest absolute Gasteiger partial charge is 0.481 e. The predicted molar refractivity (Wildman–Crippen MR) is 208 cm³/mol. The summed E-state index contributed by atoms with van der Waals surface area (Å²) >= 11 is 0. The summed E-state index contributed by atoms with van der Waals surface area (Å²) < 4.78 is 6.09. The number of carboxylic acid groups (broad SMARTS) is 1. The van der Waals surface area contributed by atoms with Gasteiger partial charge in [-0.2, -0.15) is 0 Å². The molecule has 54 heavy (non-hydrogen) atoms. The van der Waals surface area contributed by atoms with Gasteiger partial charge in [-0.15, -0.1) is 0 Å². The first-order valence-corrected chi connectivity index (χ1v) is 21.0. The number of ketones is 1. The molecule has 4 saturated carbocycles. The monoisotopic (exact) mass is 745 g/mol. The van der Waals surface area contributed by atoms with E-state index in [1.165, 1.54) is 30.5 Å². The number of aliphatic hydroxyl groups excluding tert-OH is 1. The molecule has 0 aromatic heterocycles. The quantitative estimate of drug-likeness (QED) is 0.230. The number of carbonyl (C=O) groups is 3. The summed E-state index contributed by atoms with van der Waals surface area (Å²) in [5.74, 6) is -0.843. The van der Waals surface area contributed by atoms with Gasteiger partial charge in [0.15, 0.2) is 5.78 Å². The first-order chi connectivity index (χ1) is 25.1. The third-order valence-electron chi connectivity index (χ3n) is 17.4. The Bertz CT molecular complexity index is 1740. The molecule has 9 atom stereocenters. The normalized spacial score (nSPS) is 39.6. The van der Waals surface area contributed by atoms with Gasteiger partial charge < -0.3 is 20.1 Å². The van der Waals surface area contributed by atoms with E-state index in [0.717, 1.165) is 57.2 Å². The molecule has 6 aliphatic rings. The molecule has 1 aliphatic heterocycles. The van der Waals surface area contributed by atoms with Crippen LogP contribution in [0.5, 0.6) is 0 Å². The number of carbonyl (C=O) groups excluding carboxylic acids is 2. The first-order valence-electron chi connectivity index (χ1n) is 21.0. The van der Waals surface area contributed by atoms with E-state index in [2.05, 4.69) is 63.8 Å². The number of carboxylic acids is 1. The topological polar surface area (TPSA) is 124 Å². The average molecular weight is 746 g/mol. The third-order valence-corrected chi connectivity index (χ3v) is 17.4. The van der Waals surface area contributed by atoms with Gasteiger partial charge in [-0.25, -0.2) is 0 Å². The second kappa shape index (κ2) is 13.0. The van der Waals surface area contributed by atoms with Gasteiger partial charge in [0.25, 0.3) is 0 Å². The Morgan fingerprint density at radius 1 is 0.926 bits per heavy atom. The summed E-state index contributed by atoms with van der Waals surface area (Å²) in [4.78, 5) is 41.5. The van der Waals surface area contributed by atoms with Crippen molar-refractivity contribution in [3.8, 4) is 0 Å². The molecule has 1 aromatic carbocycles. The van der Waals surface area contributed by atoms with Crippen LogP contribution in [0.3, 0.4) is 0 Å². The molecule has 0 unspecified atom stereocenters. The number of benzene rings is 1. The van der Waals surface area contributed by atoms with Crippen LogP contribution in [-0.2, 0) is 32.1 Å². The molecule has 1 aromatic rings. The number of fused-ring (bicyclic) bond motifs is 8. The van der Waals surface area contributed by atoms with Crippen molar-refractivity contribution in [2.45, 2.75) is 157 Å². The molecule has 7 rings (SSSR count). The summed E-state index contributed by atoms with van der Waals surface area (Å²) in [6, 6.07) is 8.62. The summed E-state index contributed by atoms with van der Waals surface area (Å²) in [6.45, 7) is 21.0. The van der Waals surface area contributed by atoms with Crippen molar-refractivity contribution >= 4 is 17.7 Å². The Morgan fingerprint density at radius 3 is 2.26 bits per heavy atom. The number of nitrogens with zero attached hydrogens (tertiary/aromatic N) is 1. The van der Waals surface area contributed by atoms with Gasteiger partial charge in [0.2, 0.25) is 0 Å². The van der Waals surface area contributed by atoms with Crippen molar-refractivity contribution in [2.24, 2.45) is 50.2 Å². The van der Waals surface area contributed by atoms with Crippen LogP contribution in [0, 0.1) is 50.2 Å². The van der Waals surface area contributed by atoms with Gasteiger partial charge in [0.05, 0.1) is 23.5 Å². The van der Waals surface area contributed by atoms with E-state index in [1.54, 1.807) is 0 Å². The molecule has 8 nitrogen and oxygen atoms in total. The Balaban J connectivity index is 1.18. The van der Waals surface area contributed by atoms with E-state index in [1.807, 2.05) is 13.8 Å². The van der Waals surface area contributed by atoms with E-state index in [-0.39, 0.29) is 40.8 Å². The lowest BCUT2D eigenvalue weighted by atomic mass is 9.31. The van der Waals surface area contributed by atoms with Crippen molar-refractivity contribution in [3.05, 3.63) is 46.5 Å². The van der Waals surface area contributed by atoms with Crippen LogP contribution in [0.25, 0.3) is 0 Å². The van der Waals surface area contributed by atoms with Crippen molar-refractivity contribution in [2.75, 3.05) is 13.1 Å². The van der Waals surface area contributed by atoms with Gasteiger partial charge in [-0.3, -0.25) is 19.3 Å². The minimum absolute atomic E-state index is 0.0881. The first kappa shape index (κ1) is 39.7. The van der Waals surface area contributed by atoms with Gasteiger partial charge in [0, 0.05) is 42.3 Å². The van der Waals surface area contributed by atoms with Crippen molar-refractivity contribution < 1.29 is 34.4 Å². The number of aliphatic carboxylic acids is 1. The van der Waals surface area contributed by atoms with Gasteiger partial charge in [0.1, 0.15) is 6.10 Å². The van der Waals surface area contributed by atoms with Crippen molar-refractivity contribution in [1.29, 1.82) is 0 Å². The standard InChI is InChI=1S/C46H67NO7/c1-28(2)37-32(48)24-45(34(49)27-47-23-17-29-12-10-11-13-30(29)26-47)21-19-42(7)31(38(37)45)14-15-33-43(42,8)20-22-46(53)41(5,6)35(16-18-44(33,46)9)54-36(50)25-40(3,4)39(51)52/h10-13,28,31,33-35,49,53H,14-27H2,1-9H3,(H,51,52)/t31-,33+,34+,35+,42-,43-,44-,45+,46-/m1/s1. The summed E-state index contributed by atoms with van der Waals surface area (Å²) in [5.41, 5.74) is 0.699. The number of Topliss-reactive ketones (excluding diaryl/α,β-unsaturated/α-hetero) is 1. The molecule has 0 amide bonds. The van der Waals surface area contributed by atoms with E-state index < -0.39 is 51.4 Å². The number of esters is 1. The highest BCUT2D eigenvalue weighted by Gasteiger charge is 2.75. The van der Waals surface area contributed by atoms with Crippen LogP contribution < -0.4 is 0 Å². The smallest absolute Gasteiger partial charge is 0.309 e. The summed E-state index contributed by atoms with van der Waals surface area (Å²) in [5, 5.41) is 35.2. The van der Waals surface area contributed by atoms with Gasteiger partial charge >= 0.3 is 11.9 Å². The van der Waals surface area contributed by atoms with Gasteiger partial charge in [-0.05, 0) is 117 Å². The molecule has 4 fully saturated rings. The lowest BCUT2D eigenvalue weighted by Gasteiger charge is -2.74. The zero-order valence-corrected chi connectivity index (χ0v) is 34.5. The van der Waals surface area contributed by atoms with Crippen LogP contribution >= 0.6 is 0 Å². The minimum atomic E-state index is -1.23. The van der Waals surface area contributed by atoms with Crippen molar-refractivity contribution in [1.82, 2.24) is 4.90 Å². The van der Waals surface area contributed by atoms with Crippen LogP contribution in [0.15, 0.2) is 35.4 Å². The maximum Gasteiger partial charge on any atom is 0.309 e. The fourth-order valence-electron chi connectivity index (χ4n) is 13.9. The number of hydrogen-bond acceptors (Lipinski definition) is 7. The summed E-state index contributed by atoms with van der Waals surface area (Å²) in [7, 11) is 0. The molecule has 298 valence electrons. The lowest BCUT2D eigenvalue weighted by Crippen LogP contribution is -2.73. The molecule has 0 bridgehead atoms. The van der Waals surface area contributed by atoms with E-state index in [9.17, 15) is 29.7 Å². The molecule has 0 spiro atoms. The molecule has 5 aliphatic carbocycles. The Labute approximate surface area is 323 Å². The second-order valence-corrected chi connectivity index (χ2v) is 20.9. The SMILES string of the molecule is CC(C)C1=C2[C@H]3CC[C@@H]4[C@@]5(C)CC[C@H](OC(=O)CC(C)(C)C(=O)O)C(C)(C)[C@]5(O)CC[C@@]4(C)[C@]3(C)CC[C@@]2([C@@H](O)CN2CCc3ccccc3C2)CC1=O. The number of hydrogen-bond donors (Lipinski definition) is 3. The maximum absolute atomic E-state index is 14.2. The van der Waals surface area contributed by atoms with Crippen LogP contribution in [0.2, 0.25) is 0 Å². The highest BCUT2D eigenvalue weighted by atomic mass is 16.5. The predicted octanol–water partition coefficient (Wildman–Crippen LogP) is 7.91. The number of β-amino-alcohol motifs (C(OH)–C–C–N with tert-alkyl or cyclic N) is 1. The average Bonchev–Trinajstić information content (AvgIpc) is 3.41. The number of aliphatic hydroxyl groups is 2. The zero-order chi connectivity index (χ0) is 39.4. The maximum atomic E-state index is 14.2. The minimum Gasteiger partial charge on any atom is -0.481 e. The fourth-order valence-corrected chi connectivity index (χ4v) is 13.9. The molecular weight excluding hydrogens is 679 g/mol. The van der Waals surface area contributed by atoms with Crippen LogP contribution in [-0.4, -0.2) is 68.8 Å². The molecule has 8 heteroatoms. The number of rotatable bonds is 8. The van der Waals surface area contributed by atoms with E-state index in [0.29, 0.717) is 32.2 Å². The van der Waals surface area contributed by atoms with E-state index in [4.69, 9.17) is 4.74 Å². The third kappa shape index (κ3) is 5.49. The zero-order valence-electron chi connectivity index (χ0n) is 34.5. The Hall–Kier alpha value is -2.55. The Morgan fingerprint density at radius 2 is 1.59 bits per heavy atom. The second-order valence-electron chi connectivity index (χ2n) is 20.9. The Kier molecular flexibility index (Phi) is 9.54. The van der Waals surface area contributed by atoms with Gasteiger partial charge in [-0.1, -0.05) is 78.3 Å². The molecule has 1 heterocycles.